The first kappa shape index (κ1) is 14.9. The van der Waals surface area contributed by atoms with Crippen LogP contribution in [0.1, 0.15) is 24.9 Å². The van der Waals surface area contributed by atoms with Crippen molar-refractivity contribution >= 4 is 0 Å². The molecule has 0 aliphatic carbocycles. The Balaban J connectivity index is 1.64. The molecule has 2 heterocycles. The molecule has 1 aromatic heterocycles. The van der Waals surface area contributed by atoms with Gasteiger partial charge in [0.2, 0.25) is 5.88 Å². The molecule has 1 saturated heterocycles. The largest absolute Gasteiger partial charge is 0.473 e. The van der Waals surface area contributed by atoms with E-state index in [4.69, 9.17) is 4.74 Å². The van der Waals surface area contributed by atoms with Crippen LogP contribution in [-0.4, -0.2) is 29.1 Å². The zero-order valence-corrected chi connectivity index (χ0v) is 12.4. The Kier molecular flexibility index (Phi) is 4.34. The topological polar surface area (TPSA) is 25.4 Å². The average molecular weight is 304 g/mol. The third-order valence-corrected chi connectivity index (χ3v) is 4.06. The number of likely N-dealkylation sites (tertiary alicyclic amines) is 1. The summed E-state index contributed by atoms with van der Waals surface area (Å²) in [5.74, 6) is -0.442. The molecule has 116 valence electrons. The van der Waals surface area contributed by atoms with Crippen LogP contribution in [0.15, 0.2) is 42.6 Å². The van der Waals surface area contributed by atoms with Crippen molar-refractivity contribution in [3.8, 4) is 5.88 Å². The summed E-state index contributed by atoms with van der Waals surface area (Å²) in [6.45, 7) is 3.45. The molecule has 2 unspecified atom stereocenters. The molecule has 0 saturated carbocycles. The van der Waals surface area contributed by atoms with Crippen LogP contribution in [0.25, 0.3) is 0 Å². The van der Waals surface area contributed by atoms with Crippen LogP contribution in [0.2, 0.25) is 0 Å². The minimum atomic E-state index is -0.550. The van der Waals surface area contributed by atoms with Crippen LogP contribution in [-0.2, 0) is 0 Å². The second kappa shape index (κ2) is 6.40. The van der Waals surface area contributed by atoms with Crippen molar-refractivity contribution in [2.24, 2.45) is 0 Å². The fraction of sp³-hybridized carbons (Fsp3) is 0.353. The molecular weight excluding hydrogens is 286 g/mol. The summed E-state index contributed by atoms with van der Waals surface area (Å²) >= 11 is 0. The lowest BCUT2D eigenvalue weighted by Crippen LogP contribution is -2.28. The van der Waals surface area contributed by atoms with Crippen LogP contribution in [0.4, 0.5) is 8.78 Å². The van der Waals surface area contributed by atoms with Gasteiger partial charge in [-0.2, -0.15) is 0 Å². The van der Waals surface area contributed by atoms with E-state index in [1.165, 1.54) is 12.1 Å². The van der Waals surface area contributed by atoms with Crippen LogP contribution in [0, 0.1) is 11.6 Å². The SMILES string of the molecule is CC(c1ccc(F)cc1F)N1CCC(Oc2ccccn2)C1. The van der Waals surface area contributed by atoms with Gasteiger partial charge in [-0.05, 0) is 25.5 Å². The van der Waals surface area contributed by atoms with Crippen LogP contribution >= 0.6 is 0 Å². The highest BCUT2D eigenvalue weighted by Crippen LogP contribution is 2.28. The van der Waals surface area contributed by atoms with Gasteiger partial charge in [-0.1, -0.05) is 12.1 Å². The van der Waals surface area contributed by atoms with Gasteiger partial charge in [0, 0.05) is 43.0 Å². The van der Waals surface area contributed by atoms with Gasteiger partial charge in [0.15, 0.2) is 0 Å². The van der Waals surface area contributed by atoms with Crippen molar-refractivity contribution in [3.63, 3.8) is 0 Å². The van der Waals surface area contributed by atoms with Gasteiger partial charge in [0.25, 0.3) is 0 Å². The van der Waals surface area contributed by atoms with E-state index in [-0.39, 0.29) is 12.1 Å². The van der Waals surface area contributed by atoms with E-state index in [0.29, 0.717) is 18.0 Å². The van der Waals surface area contributed by atoms with E-state index in [1.807, 2.05) is 25.1 Å². The first-order chi connectivity index (χ1) is 10.6. The summed E-state index contributed by atoms with van der Waals surface area (Å²) in [4.78, 5) is 6.29. The minimum Gasteiger partial charge on any atom is -0.473 e. The van der Waals surface area contributed by atoms with E-state index >= 15 is 0 Å². The smallest absolute Gasteiger partial charge is 0.213 e. The highest BCUT2D eigenvalue weighted by atomic mass is 19.1. The van der Waals surface area contributed by atoms with Gasteiger partial charge in [0.1, 0.15) is 17.7 Å². The monoisotopic (exact) mass is 304 g/mol. The zero-order valence-electron chi connectivity index (χ0n) is 12.4. The molecule has 0 bridgehead atoms. The Bertz CT molecular complexity index is 636. The van der Waals surface area contributed by atoms with Crippen molar-refractivity contribution < 1.29 is 13.5 Å². The second-order valence-electron chi connectivity index (χ2n) is 5.53. The van der Waals surface area contributed by atoms with E-state index in [9.17, 15) is 8.78 Å². The van der Waals surface area contributed by atoms with E-state index in [2.05, 4.69) is 9.88 Å². The number of ether oxygens (including phenoxy) is 1. The van der Waals surface area contributed by atoms with E-state index in [1.54, 1.807) is 6.20 Å². The molecule has 1 aliphatic heterocycles. The second-order valence-corrected chi connectivity index (χ2v) is 5.53. The maximum absolute atomic E-state index is 13.9. The summed E-state index contributed by atoms with van der Waals surface area (Å²) in [6.07, 6.45) is 2.60. The van der Waals surface area contributed by atoms with E-state index in [0.717, 1.165) is 19.0 Å². The summed E-state index contributed by atoms with van der Waals surface area (Å²) in [5, 5.41) is 0. The van der Waals surface area contributed by atoms with Gasteiger partial charge < -0.3 is 4.74 Å². The molecule has 22 heavy (non-hydrogen) atoms. The number of nitrogens with zero attached hydrogens (tertiary/aromatic N) is 2. The summed E-state index contributed by atoms with van der Waals surface area (Å²) < 4.78 is 32.7. The third kappa shape index (κ3) is 3.25. The van der Waals surface area contributed by atoms with Crippen molar-refractivity contribution in [2.75, 3.05) is 13.1 Å². The summed E-state index contributed by atoms with van der Waals surface area (Å²) in [5.41, 5.74) is 0.514. The molecule has 1 aromatic carbocycles. The molecule has 3 nitrogen and oxygen atoms in total. The number of hydrogen-bond acceptors (Lipinski definition) is 3. The van der Waals surface area contributed by atoms with Gasteiger partial charge in [0.05, 0.1) is 0 Å². The molecule has 0 spiro atoms. The number of pyridine rings is 1. The molecule has 0 N–H and O–H groups in total. The molecule has 2 atom stereocenters. The molecule has 0 radical (unpaired) electrons. The Hall–Kier alpha value is -2.01. The van der Waals surface area contributed by atoms with Gasteiger partial charge in [-0.3, -0.25) is 4.90 Å². The van der Waals surface area contributed by atoms with Gasteiger partial charge in [-0.15, -0.1) is 0 Å². The highest BCUT2D eigenvalue weighted by Gasteiger charge is 2.29. The standard InChI is InChI=1S/C17H18F2N2O/c1-12(15-6-5-13(18)10-16(15)19)21-9-7-14(11-21)22-17-4-2-3-8-20-17/h2-6,8,10,12,14H,7,9,11H2,1H3. The maximum atomic E-state index is 13.9. The molecule has 1 fully saturated rings. The molecule has 3 rings (SSSR count). The van der Waals surface area contributed by atoms with Crippen molar-refractivity contribution in [1.82, 2.24) is 9.88 Å². The quantitative estimate of drug-likeness (QED) is 0.863. The normalized spacial score (nSPS) is 20.0. The van der Waals surface area contributed by atoms with E-state index < -0.39 is 11.6 Å². The highest BCUT2D eigenvalue weighted by molar-refractivity contribution is 5.22. The lowest BCUT2D eigenvalue weighted by Gasteiger charge is -2.25. The van der Waals surface area contributed by atoms with Crippen LogP contribution in [0.3, 0.4) is 0 Å². The number of halogens is 2. The first-order valence-corrected chi connectivity index (χ1v) is 7.40. The van der Waals surface area contributed by atoms with Crippen LogP contribution < -0.4 is 4.74 Å². The summed E-state index contributed by atoms with van der Waals surface area (Å²) in [7, 11) is 0. The van der Waals surface area contributed by atoms with Crippen molar-refractivity contribution in [1.29, 1.82) is 0 Å². The lowest BCUT2D eigenvalue weighted by atomic mass is 10.1. The Morgan fingerprint density at radius 1 is 1.27 bits per heavy atom. The van der Waals surface area contributed by atoms with Gasteiger partial charge >= 0.3 is 0 Å². The maximum Gasteiger partial charge on any atom is 0.213 e. The fourth-order valence-electron chi connectivity index (χ4n) is 2.83. The number of rotatable bonds is 4. The summed E-state index contributed by atoms with van der Waals surface area (Å²) in [6, 6.07) is 9.18. The minimum absolute atomic E-state index is 0.0425. The predicted octanol–water partition coefficient (Wildman–Crippen LogP) is 3.57. The number of hydrogen-bond donors (Lipinski definition) is 0. The predicted molar refractivity (Wildman–Crippen MR) is 79.6 cm³/mol. The molecule has 5 heteroatoms. The average Bonchev–Trinajstić information content (AvgIpc) is 2.96. The molecular formula is C17H18F2N2O. The molecule has 2 aromatic rings. The first-order valence-electron chi connectivity index (χ1n) is 7.40. The zero-order chi connectivity index (χ0) is 15.5. The number of benzene rings is 1. The third-order valence-electron chi connectivity index (χ3n) is 4.06. The Labute approximate surface area is 128 Å². The molecule has 0 amide bonds. The van der Waals surface area contributed by atoms with Crippen molar-refractivity contribution in [2.45, 2.75) is 25.5 Å². The fourth-order valence-corrected chi connectivity index (χ4v) is 2.83. The van der Waals surface area contributed by atoms with Crippen LogP contribution in [0.5, 0.6) is 5.88 Å². The lowest BCUT2D eigenvalue weighted by molar-refractivity contribution is 0.176. The Morgan fingerprint density at radius 2 is 2.14 bits per heavy atom. The molecule has 1 aliphatic rings. The van der Waals surface area contributed by atoms with Crippen molar-refractivity contribution in [3.05, 3.63) is 59.8 Å². The number of aromatic nitrogens is 1. The van der Waals surface area contributed by atoms with Gasteiger partial charge in [-0.25, -0.2) is 13.8 Å². The Morgan fingerprint density at radius 3 is 2.86 bits per heavy atom.